The van der Waals surface area contributed by atoms with Crippen LogP contribution in [-0.2, 0) is 4.79 Å². The summed E-state index contributed by atoms with van der Waals surface area (Å²) in [5.41, 5.74) is 0. The Morgan fingerprint density at radius 1 is 1.06 bits per heavy atom. The molecule has 1 amide bonds. The smallest absolute Gasteiger partial charge is 0.223 e. The lowest BCUT2D eigenvalue weighted by Gasteiger charge is -2.17. The first-order valence-corrected chi connectivity index (χ1v) is 7.05. The van der Waals surface area contributed by atoms with Crippen molar-refractivity contribution in [2.45, 2.75) is 65.2 Å². The van der Waals surface area contributed by atoms with E-state index in [-0.39, 0.29) is 5.92 Å². The largest absolute Gasteiger partial charge is 0.356 e. The van der Waals surface area contributed by atoms with E-state index >= 15 is 0 Å². The molecular weight excluding hydrogens is 198 g/mol. The summed E-state index contributed by atoms with van der Waals surface area (Å²) in [4.78, 5) is 11.9. The molecule has 0 aromatic carbocycles. The fraction of sp³-hybridized carbons (Fsp3) is 0.929. The molecule has 1 rings (SSSR count). The lowest BCUT2D eigenvalue weighted by atomic mass is 9.90. The summed E-state index contributed by atoms with van der Waals surface area (Å²) in [6.07, 6.45) is 10.0. The third-order valence-corrected chi connectivity index (χ3v) is 3.89. The Bertz CT molecular complexity index is 203. The Morgan fingerprint density at radius 3 is 2.50 bits per heavy atom. The van der Waals surface area contributed by atoms with Crippen LogP contribution in [0.5, 0.6) is 0 Å². The maximum Gasteiger partial charge on any atom is 0.223 e. The summed E-state index contributed by atoms with van der Waals surface area (Å²) in [6.45, 7) is 5.05. The number of carbonyl (C=O) groups is 1. The van der Waals surface area contributed by atoms with Crippen LogP contribution in [0, 0.1) is 11.8 Å². The molecule has 1 aliphatic carbocycles. The van der Waals surface area contributed by atoms with Crippen LogP contribution in [0.25, 0.3) is 0 Å². The van der Waals surface area contributed by atoms with E-state index in [9.17, 15) is 4.79 Å². The number of rotatable bonds is 3. The summed E-state index contributed by atoms with van der Waals surface area (Å²) >= 11 is 0. The second-order valence-corrected chi connectivity index (χ2v) is 5.08. The molecule has 1 N–H and O–H groups in total. The van der Waals surface area contributed by atoms with Crippen molar-refractivity contribution >= 4 is 5.91 Å². The standard InChI is InChI=1S/C14H27NO/c1-3-12-8-6-5-7-9-13(11-10-12)14(16)15-4-2/h12-13H,3-11H2,1-2H3,(H,15,16). The van der Waals surface area contributed by atoms with Crippen molar-refractivity contribution in [3.63, 3.8) is 0 Å². The molecule has 0 aliphatic heterocycles. The molecule has 0 aromatic heterocycles. The summed E-state index contributed by atoms with van der Waals surface area (Å²) in [7, 11) is 0. The van der Waals surface area contributed by atoms with Gasteiger partial charge in [0.05, 0.1) is 0 Å². The third kappa shape index (κ3) is 4.54. The zero-order chi connectivity index (χ0) is 11.8. The first-order valence-electron chi connectivity index (χ1n) is 7.05. The lowest BCUT2D eigenvalue weighted by Crippen LogP contribution is -2.30. The van der Waals surface area contributed by atoms with Gasteiger partial charge in [-0.3, -0.25) is 4.79 Å². The molecule has 2 unspecified atom stereocenters. The molecule has 16 heavy (non-hydrogen) atoms. The van der Waals surface area contributed by atoms with Crippen LogP contribution in [-0.4, -0.2) is 12.5 Å². The number of nitrogens with one attached hydrogen (secondary N) is 1. The minimum atomic E-state index is 0.284. The lowest BCUT2D eigenvalue weighted by molar-refractivity contribution is -0.125. The van der Waals surface area contributed by atoms with Crippen molar-refractivity contribution in [2.24, 2.45) is 11.8 Å². The molecular formula is C14H27NO. The van der Waals surface area contributed by atoms with Crippen LogP contribution in [0.4, 0.5) is 0 Å². The molecule has 0 bridgehead atoms. The van der Waals surface area contributed by atoms with Gasteiger partial charge < -0.3 is 5.32 Å². The van der Waals surface area contributed by atoms with Gasteiger partial charge in [0.25, 0.3) is 0 Å². The molecule has 1 aliphatic rings. The Labute approximate surface area is 100 Å². The Balaban J connectivity index is 2.46. The molecule has 2 heteroatoms. The minimum Gasteiger partial charge on any atom is -0.356 e. The van der Waals surface area contributed by atoms with Gasteiger partial charge in [0, 0.05) is 12.5 Å². The van der Waals surface area contributed by atoms with E-state index in [2.05, 4.69) is 12.2 Å². The van der Waals surface area contributed by atoms with E-state index in [0.29, 0.717) is 5.91 Å². The van der Waals surface area contributed by atoms with Crippen molar-refractivity contribution in [1.82, 2.24) is 5.32 Å². The number of amides is 1. The molecule has 1 saturated carbocycles. The molecule has 0 spiro atoms. The van der Waals surface area contributed by atoms with Crippen molar-refractivity contribution in [2.75, 3.05) is 6.54 Å². The second-order valence-electron chi connectivity index (χ2n) is 5.08. The highest BCUT2D eigenvalue weighted by Gasteiger charge is 2.20. The molecule has 2 nitrogen and oxygen atoms in total. The van der Waals surface area contributed by atoms with Crippen molar-refractivity contribution in [1.29, 1.82) is 0 Å². The molecule has 0 radical (unpaired) electrons. The SMILES string of the molecule is CCNC(=O)C1CCCCCC(CC)CC1. The van der Waals surface area contributed by atoms with Crippen LogP contribution in [0.3, 0.4) is 0 Å². The van der Waals surface area contributed by atoms with Gasteiger partial charge in [-0.25, -0.2) is 0 Å². The molecule has 0 heterocycles. The normalized spacial score (nSPS) is 27.6. The van der Waals surface area contributed by atoms with Gasteiger partial charge in [-0.15, -0.1) is 0 Å². The van der Waals surface area contributed by atoms with Gasteiger partial charge >= 0.3 is 0 Å². The quantitative estimate of drug-likeness (QED) is 0.782. The first kappa shape index (κ1) is 13.5. The summed E-state index contributed by atoms with van der Waals surface area (Å²) in [5.74, 6) is 1.43. The van der Waals surface area contributed by atoms with E-state index in [1.165, 1.54) is 38.5 Å². The van der Waals surface area contributed by atoms with E-state index in [4.69, 9.17) is 0 Å². The van der Waals surface area contributed by atoms with Gasteiger partial charge in [0.15, 0.2) is 0 Å². The molecule has 1 fully saturated rings. The van der Waals surface area contributed by atoms with Gasteiger partial charge in [-0.2, -0.15) is 0 Å². The molecule has 94 valence electrons. The average Bonchev–Trinajstić information content (AvgIpc) is 2.40. The highest BCUT2D eigenvalue weighted by atomic mass is 16.1. The summed E-state index contributed by atoms with van der Waals surface area (Å²) < 4.78 is 0. The maximum absolute atomic E-state index is 11.9. The van der Waals surface area contributed by atoms with E-state index < -0.39 is 0 Å². The fourth-order valence-corrected chi connectivity index (χ4v) is 2.72. The Kier molecular flexibility index (Phi) is 6.51. The van der Waals surface area contributed by atoms with Gasteiger partial charge in [0.2, 0.25) is 5.91 Å². The second kappa shape index (κ2) is 7.70. The van der Waals surface area contributed by atoms with Crippen molar-refractivity contribution in [3.05, 3.63) is 0 Å². The highest BCUT2D eigenvalue weighted by Crippen LogP contribution is 2.27. The molecule has 0 saturated heterocycles. The van der Waals surface area contributed by atoms with Crippen LogP contribution < -0.4 is 5.32 Å². The molecule has 2 atom stereocenters. The van der Waals surface area contributed by atoms with Crippen LogP contribution >= 0.6 is 0 Å². The summed E-state index contributed by atoms with van der Waals surface area (Å²) in [6, 6.07) is 0. The van der Waals surface area contributed by atoms with E-state index in [1.54, 1.807) is 0 Å². The predicted octanol–water partition coefficient (Wildman–Crippen LogP) is 3.51. The number of carbonyl (C=O) groups excluding carboxylic acids is 1. The van der Waals surface area contributed by atoms with Gasteiger partial charge in [0.1, 0.15) is 0 Å². The number of hydrogen-bond acceptors (Lipinski definition) is 1. The van der Waals surface area contributed by atoms with Crippen LogP contribution in [0.1, 0.15) is 65.2 Å². The predicted molar refractivity (Wildman–Crippen MR) is 68.3 cm³/mol. The maximum atomic E-state index is 11.9. The van der Waals surface area contributed by atoms with Gasteiger partial charge in [-0.1, -0.05) is 39.0 Å². The fourth-order valence-electron chi connectivity index (χ4n) is 2.72. The van der Waals surface area contributed by atoms with Crippen LogP contribution in [0.15, 0.2) is 0 Å². The Morgan fingerprint density at radius 2 is 1.81 bits per heavy atom. The van der Waals surface area contributed by atoms with Gasteiger partial charge in [-0.05, 0) is 32.1 Å². The highest BCUT2D eigenvalue weighted by molar-refractivity contribution is 5.78. The van der Waals surface area contributed by atoms with Crippen LogP contribution in [0.2, 0.25) is 0 Å². The van der Waals surface area contributed by atoms with Crippen molar-refractivity contribution in [3.8, 4) is 0 Å². The monoisotopic (exact) mass is 225 g/mol. The Hall–Kier alpha value is -0.530. The third-order valence-electron chi connectivity index (χ3n) is 3.89. The van der Waals surface area contributed by atoms with E-state index in [1.807, 2.05) is 6.92 Å². The number of hydrogen-bond donors (Lipinski definition) is 1. The average molecular weight is 225 g/mol. The summed E-state index contributed by atoms with van der Waals surface area (Å²) in [5, 5.41) is 2.98. The first-order chi connectivity index (χ1) is 7.77. The molecule has 0 aromatic rings. The zero-order valence-electron chi connectivity index (χ0n) is 10.9. The zero-order valence-corrected chi connectivity index (χ0v) is 10.9. The van der Waals surface area contributed by atoms with Crippen molar-refractivity contribution < 1.29 is 4.79 Å². The van der Waals surface area contributed by atoms with E-state index in [0.717, 1.165) is 25.3 Å². The topological polar surface area (TPSA) is 29.1 Å². The minimum absolute atomic E-state index is 0.284.